The molecule has 1 unspecified atom stereocenters. The molecule has 0 saturated heterocycles. The summed E-state index contributed by atoms with van der Waals surface area (Å²) in [5.41, 5.74) is 5.61. The third-order valence-electron chi connectivity index (χ3n) is 3.50. The topological polar surface area (TPSA) is 92.4 Å². The van der Waals surface area contributed by atoms with Crippen molar-refractivity contribution in [2.24, 2.45) is 17.6 Å². The number of carbonyl (C=O) groups excluding carboxylic acids is 1. The molecule has 0 bridgehead atoms. The molecule has 1 amide bonds. The molecule has 0 spiro atoms. The Bertz CT molecular complexity index is 298. The van der Waals surface area contributed by atoms with Crippen LogP contribution in [0.15, 0.2) is 0 Å². The van der Waals surface area contributed by atoms with Crippen molar-refractivity contribution in [3.8, 4) is 0 Å². The van der Waals surface area contributed by atoms with E-state index in [4.69, 9.17) is 10.8 Å². The lowest BCUT2D eigenvalue weighted by Gasteiger charge is -2.37. The number of nitrogens with two attached hydrogens (primary N) is 1. The third-order valence-corrected chi connectivity index (χ3v) is 3.50. The molecule has 0 heterocycles. The van der Waals surface area contributed by atoms with Gasteiger partial charge in [-0.3, -0.25) is 9.59 Å². The fourth-order valence-electron chi connectivity index (χ4n) is 2.02. The largest absolute Gasteiger partial charge is 0.481 e. The number of amides is 1. The highest BCUT2D eigenvalue weighted by Gasteiger charge is 2.34. The van der Waals surface area contributed by atoms with Gasteiger partial charge in [-0.05, 0) is 25.2 Å². The Morgan fingerprint density at radius 2 is 2.00 bits per heavy atom. The Balaban J connectivity index is 2.33. The Morgan fingerprint density at radius 3 is 2.35 bits per heavy atom. The zero-order chi connectivity index (χ0) is 13.1. The summed E-state index contributed by atoms with van der Waals surface area (Å²) >= 11 is 0. The summed E-state index contributed by atoms with van der Waals surface area (Å²) in [5.74, 6) is -1.54. The van der Waals surface area contributed by atoms with Gasteiger partial charge >= 0.3 is 5.97 Å². The fraction of sp³-hybridized carbons (Fsp3) is 0.833. The van der Waals surface area contributed by atoms with Crippen LogP contribution in [0.4, 0.5) is 0 Å². The molecule has 5 nitrogen and oxygen atoms in total. The molecule has 0 aromatic rings. The first-order chi connectivity index (χ1) is 7.84. The van der Waals surface area contributed by atoms with Gasteiger partial charge in [-0.25, -0.2) is 0 Å². The zero-order valence-corrected chi connectivity index (χ0v) is 10.5. The summed E-state index contributed by atoms with van der Waals surface area (Å²) in [4.78, 5) is 22.5. The van der Waals surface area contributed by atoms with Gasteiger partial charge in [-0.1, -0.05) is 13.8 Å². The van der Waals surface area contributed by atoms with E-state index in [2.05, 4.69) is 5.32 Å². The van der Waals surface area contributed by atoms with E-state index >= 15 is 0 Å². The fourth-order valence-corrected chi connectivity index (χ4v) is 2.02. The summed E-state index contributed by atoms with van der Waals surface area (Å²) in [6, 6.07) is 0. The predicted octanol–water partition coefficient (Wildman–Crippen LogP) is 0.731. The molecule has 1 saturated carbocycles. The SMILES string of the molecule is CC(C)C(CNC(=O)CC1(N)CCC1)C(=O)O. The maximum Gasteiger partial charge on any atom is 0.308 e. The van der Waals surface area contributed by atoms with Crippen molar-refractivity contribution in [1.82, 2.24) is 5.32 Å². The normalized spacial score (nSPS) is 19.5. The van der Waals surface area contributed by atoms with Crippen molar-refractivity contribution in [3.05, 3.63) is 0 Å². The number of carbonyl (C=O) groups is 2. The highest BCUT2D eigenvalue weighted by molar-refractivity contribution is 5.78. The molecule has 0 radical (unpaired) electrons. The average Bonchev–Trinajstić information content (AvgIpc) is 2.14. The molecule has 4 N–H and O–H groups in total. The second-order valence-corrected chi connectivity index (χ2v) is 5.39. The van der Waals surface area contributed by atoms with Crippen LogP contribution in [0.5, 0.6) is 0 Å². The van der Waals surface area contributed by atoms with E-state index in [0.717, 1.165) is 19.3 Å². The molecule has 1 aliphatic carbocycles. The predicted molar refractivity (Wildman–Crippen MR) is 64.4 cm³/mol. The molecule has 5 heteroatoms. The number of carboxylic acids is 1. The summed E-state index contributed by atoms with van der Waals surface area (Å²) < 4.78 is 0. The Hall–Kier alpha value is -1.10. The van der Waals surface area contributed by atoms with Gasteiger partial charge in [0.05, 0.1) is 5.92 Å². The molecule has 0 aromatic carbocycles. The minimum Gasteiger partial charge on any atom is -0.481 e. The van der Waals surface area contributed by atoms with Crippen LogP contribution in [0.2, 0.25) is 0 Å². The maximum atomic E-state index is 11.6. The average molecular weight is 242 g/mol. The number of carboxylic acid groups (broad SMARTS) is 1. The second-order valence-electron chi connectivity index (χ2n) is 5.39. The van der Waals surface area contributed by atoms with Gasteiger partial charge in [-0.2, -0.15) is 0 Å². The number of hydrogen-bond donors (Lipinski definition) is 3. The van der Waals surface area contributed by atoms with Gasteiger partial charge in [0.15, 0.2) is 0 Å². The van der Waals surface area contributed by atoms with Crippen LogP contribution in [-0.2, 0) is 9.59 Å². The van der Waals surface area contributed by atoms with Crippen molar-refractivity contribution >= 4 is 11.9 Å². The van der Waals surface area contributed by atoms with Crippen molar-refractivity contribution in [2.45, 2.75) is 45.1 Å². The van der Waals surface area contributed by atoms with E-state index in [1.807, 2.05) is 13.8 Å². The van der Waals surface area contributed by atoms with Gasteiger partial charge in [0, 0.05) is 18.5 Å². The molecular formula is C12H22N2O3. The minimum atomic E-state index is -0.869. The molecule has 1 aliphatic rings. The standard InChI is InChI=1S/C12H22N2O3/c1-8(2)9(11(16)17)7-14-10(15)6-12(13)4-3-5-12/h8-9H,3-7,13H2,1-2H3,(H,14,15)(H,16,17). The highest BCUT2D eigenvalue weighted by Crippen LogP contribution is 2.31. The molecule has 1 rings (SSSR count). The van der Waals surface area contributed by atoms with Crippen LogP contribution >= 0.6 is 0 Å². The second kappa shape index (κ2) is 5.49. The van der Waals surface area contributed by atoms with E-state index in [9.17, 15) is 9.59 Å². The van der Waals surface area contributed by atoms with Crippen molar-refractivity contribution < 1.29 is 14.7 Å². The first kappa shape index (κ1) is 14.0. The van der Waals surface area contributed by atoms with Gasteiger partial charge in [0.2, 0.25) is 5.91 Å². The molecular weight excluding hydrogens is 220 g/mol. The van der Waals surface area contributed by atoms with Gasteiger partial charge < -0.3 is 16.2 Å². The van der Waals surface area contributed by atoms with E-state index < -0.39 is 11.9 Å². The van der Waals surface area contributed by atoms with Gasteiger partial charge in [-0.15, -0.1) is 0 Å². The Morgan fingerprint density at radius 1 is 1.41 bits per heavy atom. The summed E-state index contributed by atoms with van der Waals surface area (Å²) in [6.45, 7) is 3.85. The van der Waals surface area contributed by atoms with E-state index in [0.29, 0.717) is 6.42 Å². The van der Waals surface area contributed by atoms with Crippen molar-refractivity contribution in [1.29, 1.82) is 0 Å². The number of nitrogens with one attached hydrogen (secondary N) is 1. The van der Waals surface area contributed by atoms with Gasteiger partial charge in [0.25, 0.3) is 0 Å². The number of rotatable bonds is 6. The lowest BCUT2D eigenvalue weighted by Crippen LogP contribution is -2.50. The Labute approximate surface area is 102 Å². The van der Waals surface area contributed by atoms with E-state index in [-0.39, 0.29) is 23.9 Å². The molecule has 0 aliphatic heterocycles. The van der Waals surface area contributed by atoms with Crippen LogP contribution in [0.1, 0.15) is 39.5 Å². The minimum absolute atomic E-state index is 0.00309. The van der Waals surface area contributed by atoms with Gasteiger partial charge in [0.1, 0.15) is 0 Å². The lowest BCUT2D eigenvalue weighted by molar-refractivity contribution is -0.143. The van der Waals surface area contributed by atoms with E-state index in [1.165, 1.54) is 0 Å². The highest BCUT2D eigenvalue weighted by atomic mass is 16.4. The van der Waals surface area contributed by atoms with Crippen LogP contribution in [-0.4, -0.2) is 29.1 Å². The summed E-state index contributed by atoms with van der Waals surface area (Å²) in [6.07, 6.45) is 3.14. The van der Waals surface area contributed by atoms with Crippen molar-refractivity contribution in [2.75, 3.05) is 6.54 Å². The van der Waals surface area contributed by atoms with Crippen molar-refractivity contribution in [3.63, 3.8) is 0 Å². The van der Waals surface area contributed by atoms with Crippen LogP contribution in [0, 0.1) is 11.8 Å². The molecule has 1 atom stereocenters. The molecule has 1 fully saturated rings. The molecule has 98 valence electrons. The zero-order valence-electron chi connectivity index (χ0n) is 10.5. The monoisotopic (exact) mass is 242 g/mol. The number of hydrogen-bond acceptors (Lipinski definition) is 3. The summed E-state index contributed by atoms with van der Waals surface area (Å²) in [7, 11) is 0. The third kappa shape index (κ3) is 4.00. The first-order valence-corrected chi connectivity index (χ1v) is 6.12. The first-order valence-electron chi connectivity index (χ1n) is 6.12. The molecule has 0 aromatic heterocycles. The number of aliphatic carboxylic acids is 1. The maximum absolute atomic E-state index is 11.6. The smallest absolute Gasteiger partial charge is 0.308 e. The van der Waals surface area contributed by atoms with Crippen LogP contribution < -0.4 is 11.1 Å². The van der Waals surface area contributed by atoms with Crippen LogP contribution in [0.3, 0.4) is 0 Å². The quantitative estimate of drug-likeness (QED) is 0.640. The summed E-state index contributed by atoms with van der Waals surface area (Å²) in [5, 5.41) is 11.6. The lowest BCUT2D eigenvalue weighted by atomic mass is 9.75. The Kier molecular flexibility index (Phi) is 4.51. The van der Waals surface area contributed by atoms with E-state index in [1.54, 1.807) is 0 Å². The molecule has 17 heavy (non-hydrogen) atoms. The van der Waals surface area contributed by atoms with Crippen LogP contribution in [0.25, 0.3) is 0 Å².